The lowest BCUT2D eigenvalue weighted by atomic mass is 9.88. The van der Waals surface area contributed by atoms with Gasteiger partial charge in [0.2, 0.25) is 17.7 Å². The molecule has 2 aromatic rings. The third-order valence-corrected chi connectivity index (χ3v) is 11.0. The maximum Gasteiger partial charge on any atom is 0.258 e. The van der Waals surface area contributed by atoms with Crippen molar-refractivity contribution in [2.75, 3.05) is 39.3 Å². The third-order valence-electron chi connectivity index (χ3n) is 11.0. The van der Waals surface area contributed by atoms with Gasteiger partial charge in [0.1, 0.15) is 17.3 Å². The van der Waals surface area contributed by atoms with Gasteiger partial charge in [0, 0.05) is 45.6 Å². The van der Waals surface area contributed by atoms with Gasteiger partial charge in [-0.3, -0.25) is 19.2 Å². The highest BCUT2D eigenvalue weighted by atomic mass is 19.1. The molecule has 2 saturated heterocycles. The van der Waals surface area contributed by atoms with Gasteiger partial charge in [-0.15, -0.1) is 0 Å². The Morgan fingerprint density at radius 3 is 2.52 bits per heavy atom. The lowest BCUT2D eigenvalue weighted by Gasteiger charge is -2.39. The Bertz CT molecular complexity index is 1510. The summed E-state index contributed by atoms with van der Waals surface area (Å²) >= 11 is 0. The first-order valence-corrected chi connectivity index (χ1v) is 18.3. The van der Waals surface area contributed by atoms with Gasteiger partial charge < -0.3 is 30.5 Å². The number of halogens is 1. The van der Waals surface area contributed by atoms with E-state index in [0.717, 1.165) is 42.5 Å². The number of fused-ring (bicyclic) bond motifs is 4. The highest BCUT2D eigenvalue weighted by Crippen LogP contribution is 2.29. The van der Waals surface area contributed by atoms with Gasteiger partial charge in [0.25, 0.3) is 5.91 Å². The number of nitrogens with zero attached hydrogens (tertiary/aromatic N) is 2. The topological polar surface area (TPSA) is 120 Å². The van der Waals surface area contributed by atoms with E-state index < -0.39 is 40.9 Å². The van der Waals surface area contributed by atoms with E-state index in [2.05, 4.69) is 20.9 Å². The molecule has 0 radical (unpaired) electrons. The molecule has 3 N–H and O–H groups in total. The van der Waals surface area contributed by atoms with Crippen LogP contribution in [0.1, 0.15) is 76.0 Å². The minimum Gasteiger partial charge on any atom is -0.494 e. The van der Waals surface area contributed by atoms with E-state index in [1.165, 1.54) is 0 Å². The van der Waals surface area contributed by atoms with Crippen molar-refractivity contribution in [2.24, 2.45) is 11.8 Å². The fourth-order valence-electron chi connectivity index (χ4n) is 7.33. The van der Waals surface area contributed by atoms with Crippen molar-refractivity contribution < 1.29 is 28.3 Å². The number of nitrogens with one attached hydrogen (secondary N) is 3. The first kappa shape index (κ1) is 37.3. The van der Waals surface area contributed by atoms with Crippen molar-refractivity contribution in [3.05, 3.63) is 65.2 Å². The maximum absolute atomic E-state index is 16.2. The number of aryl methyl sites for hydroxylation is 2. The molecule has 4 amide bonds. The van der Waals surface area contributed by atoms with Gasteiger partial charge in [-0.2, -0.15) is 0 Å². The average molecular weight is 692 g/mol. The second-order valence-corrected chi connectivity index (χ2v) is 14.6. The van der Waals surface area contributed by atoms with E-state index in [4.69, 9.17) is 4.74 Å². The molecule has 0 aromatic heterocycles. The second kappa shape index (κ2) is 16.4. The molecule has 3 aliphatic heterocycles. The van der Waals surface area contributed by atoms with Gasteiger partial charge >= 0.3 is 0 Å². The zero-order chi connectivity index (χ0) is 35.9. The number of ether oxygens (including phenoxy) is 1. The average Bonchev–Trinajstić information content (AvgIpc) is 3.12. The highest BCUT2D eigenvalue weighted by molar-refractivity contribution is 5.98. The lowest BCUT2D eigenvalue weighted by Crippen LogP contribution is -2.64. The van der Waals surface area contributed by atoms with Crippen LogP contribution in [0, 0.1) is 18.8 Å². The Labute approximate surface area is 295 Å². The quantitative estimate of drug-likeness (QED) is 0.420. The lowest BCUT2D eigenvalue weighted by molar-refractivity contribution is -0.146. The highest BCUT2D eigenvalue weighted by Gasteiger charge is 2.46. The van der Waals surface area contributed by atoms with Gasteiger partial charge in [-0.25, -0.2) is 4.39 Å². The van der Waals surface area contributed by atoms with Crippen LogP contribution >= 0.6 is 0 Å². The first-order chi connectivity index (χ1) is 23.9. The van der Waals surface area contributed by atoms with Crippen molar-refractivity contribution in [3.63, 3.8) is 0 Å². The summed E-state index contributed by atoms with van der Waals surface area (Å²) in [6.07, 6.45) is 3.22. The van der Waals surface area contributed by atoms with Crippen LogP contribution in [0.2, 0.25) is 0 Å². The number of piperidine rings is 2. The Balaban J connectivity index is 1.47. The smallest absolute Gasteiger partial charge is 0.258 e. The first-order valence-electron chi connectivity index (χ1n) is 18.3. The zero-order valence-electron chi connectivity index (χ0n) is 30.1. The summed E-state index contributed by atoms with van der Waals surface area (Å²) in [5, 5.41) is 8.64. The number of carbonyl (C=O) groups is 4. The number of likely N-dealkylation sites (tertiary alicyclic amines) is 1. The molecule has 0 aliphatic carbocycles. The van der Waals surface area contributed by atoms with Gasteiger partial charge in [0.05, 0.1) is 12.5 Å². The van der Waals surface area contributed by atoms with E-state index >= 15 is 4.39 Å². The molecule has 272 valence electrons. The minimum absolute atomic E-state index is 0.00295. The van der Waals surface area contributed by atoms with Gasteiger partial charge in [0.15, 0.2) is 5.67 Å². The molecule has 0 spiro atoms. The predicted molar refractivity (Wildman–Crippen MR) is 190 cm³/mol. The summed E-state index contributed by atoms with van der Waals surface area (Å²) in [5.74, 6) is -2.37. The molecule has 4 atom stereocenters. The summed E-state index contributed by atoms with van der Waals surface area (Å²) in [5.41, 5.74) is -0.726. The van der Waals surface area contributed by atoms with Crippen LogP contribution in [0.5, 0.6) is 5.75 Å². The zero-order valence-corrected chi connectivity index (χ0v) is 30.1. The fraction of sp³-hybridized carbons (Fsp3) is 0.590. The summed E-state index contributed by atoms with van der Waals surface area (Å²) in [4.78, 5) is 60.1. The van der Waals surface area contributed by atoms with Crippen molar-refractivity contribution in [2.45, 2.75) is 96.4 Å². The Kier molecular flexibility index (Phi) is 12.2. The molecule has 2 aromatic carbocycles. The number of benzene rings is 2. The number of alkyl halides is 1. The molecule has 0 saturated carbocycles. The van der Waals surface area contributed by atoms with Crippen molar-refractivity contribution in [1.29, 1.82) is 0 Å². The monoisotopic (exact) mass is 691 g/mol. The predicted octanol–water partition coefficient (Wildman–Crippen LogP) is 4.08. The number of amides is 4. The van der Waals surface area contributed by atoms with Gasteiger partial charge in [-0.1, -0.05) is 50.2 Å². The van der Waals surface area contributed by atoms with E-state index in [1.807, 2.05) is 62.4 Å². The molecular weight excluding hydrogens is 637 g/mol. The van der Waals surface area contributed by atoms with Crippen LogP contribution in [-0.4, -0.2) is 90.0 Å². The van der Waals surface area contributed by atoms with E-state index in [0.29, 0.717) is 45.0 Å². The summed E-state index contributed by atoms with van der Waals surface area (Å²) in [6, 6.07) is 14.1. The van der Waals surface area contributed by atoms with Crippen molar-refractivity contribution in [1.82, 2.24) is 25.8 Å². The summed E-state index contributed by atoms with van der Waals surface area (Å²) in [7, 11) is 0. The number of hydrogen-bond acceptors (Lipinski definition) is 6. The van der Waals surface area contributed by atoms with Crippen LogP contribution in [-0.2, 0) is 32.1 Å². The van der Waals surface area contributed by atoms with Crippen LogP contribution in [0.25, 0.3) is 0 Å². The van der Waals surface area contributed by atoms with Crippen LogP contribution in [0.15, 0.2) is 48.5 Å². The SMILES string of the molecule is CCN1CCC(F)(C(=O)N[C@@H]2C(=O)N[C@](C)(CCc3ccccc3)C(=O)NCc3cc(ccc3C)OCCC3CCCN(C3)C(=O)C2C)CC1. The van der Waals surface area contributed by atoms with E-state index in [1.54, 1.807) is 18.7 Å². The van der Waals surface area contributed by atoms with Crippen LogP contribution < -0.4 is 20.7 Å². The van der Waals surface area contributed by atoms with Crippen LogP contribution in [0.4, 0.5) is 4.39 Å². The molecule has 2 unspecified atom stereocenters. The molecule has 2 fully saturated rings. The third kappa shape index (κ3) is 9.02. The summed E-state index contributed by atoms with van der Waals surface area (Å²) in [6.45, 7) is 10.6. The number of carbonyl (C=O) groups excluding carboxylic acids is 4. The minimum atomic E-state index is -2.17. The molecule has 5 rings (SSSR count). The number of hydrogen-bond donors (Lipinski definition) is 3. The molecule has 10 nitrogen and oxygen atoms in total. The van der Waals surface area contributed by atoms with E-state index in [9.17, 15) is 19.2 Å². The molecular formula is C39H54FN5O5. The van der Waals surface area contributed by atoms with Crippen molar-refractivity contribution in [3.8, 4) is 5.75 Å². The van der Waals surface area contributed by atoms with Gasteiger partial charge in [-0.05, 0) is 87.2 Å². The number of rotatable bonds is 6. The maximum atomic E-state index is 16.2. The molecule has 3 aliphatic rings. The van der Waals surface area contributed by atoms with E-state index in [-0.39, 0.29) is 37.6 Å². The molecule has 50 heavy (non-hydrogen) atoms. The normalized spacial score (nSPS) is 26.9. The van der Waals surface area contributed by atoms with Crippen molar-refractivity contribution >= 4 is 23.6 Å². The molecule has 11 heteroatoms. The molecule has 4 bridgehead atoms. The summed E-state index contributed by atoms with van der Waals surface area (Å²) < 4.78 is 22.3. The Hall–Kier alpha value is -3.99. The van der Waals surface area contributed by atoms with Crippen LogP contribution in [0.3, 0.4) is 0 Å². The molecule has 3 heterocycles. The largest absolute Gasteiger partial charge is 0.494 e. The standard InChI is InChI=1S/C39H54FN5O5/c1-5-44-21-18-39(40,19-22-44)37(49)42-33-28(3)35(47)45-20-9-12-30(26-45)16-23-50-32-14-13-27(2)31(24-32)25-41-36(48)38(4,43-34(33)46)17-15-29-10-7-6-8-11-29/h6-8,10-11,13-14,24,28,30,33H,5,9,12,15-23,25-26H2,1-4H3,(H,41,48)(H,42,49)(H,43,46)/t28?,30?,33-,38+/m0/s1. The second-order valence-electron chi connectivity index (χ2n) is 14.6. The fourth-order valence-corrected chi connectivity index (χ4v) is 7.33. The Morgan fingerprint density at radius 2 is 1.80 bits per heavy atom. The Morgan fingerprint density at radius 1 is 1.06 bits per heavy atom.